The van der Waals surface area contributed by atoms with Gasteiger partial charge in [-0.05, 0) is 6.92 Å². The number of aromatic nitrogens is 2. The van der Waals surface area contributed by atoms with Gasteiger partial charge >= 0.3 is 0 Å². The molecule has 120 valence electrons. The molecule has 0 aliphatic carbocycles. The second kappa shape index (κ2) is 6.35. The summed E-state index contributed by atoms with van der Waals surface area (Å²) in [5, 5.41) is 4.41. The Labute approximate surface area is 140 Å². The molecule has 1 aliphatic heterocycles. The first-order valence-corrected chi connectivity index (χ1v) is 9.32. The first-order valence-electron chi connectivity index (χ1n) is 7.63. The van der Waals surface area contributed by atoms with Crippen LogP contribution < -0.4 is 0 Å². The van der Waals surface area contributed by atoms with Gasteiger partial charge in [0.1, 0.15) is 11.1 Å². The first-order chi connectivity index (χ1) is 10.4. The van der Waals surface area contributed by atoms with Crippen LogP contribution in [-0.4, -0.2) is 34.6 Å². The summed E-state index contributed by atoms with van der Waals surface area (Å²) in [6.07, 6.45) is 2.09. The molecule has 1 saturated heterocycles. The molecule has 0 spiro atoms. The summed E-state index contributed by atoms with van der Waals surface area (Å²) < 4.78 is 5.96. The smallest absolute Gasteiger partial charge is 0.123 e. The molecule has 0 unspecified atom stereocenters. The lowest BCUT2D eigenvalue weighted by Crippen LogP contribution is -2.37. The number of morpholine rings is 1. The van der Waals surface area contributed by atoms with Crippen molar-refractivity contribution >= 4 is 22.7 Å². The van der Waals surface area contributed by atoms with Gasteiger partial charge in [0.2, 0.25) is 0 Å². The van der Waals surface area contributed by atoms with E-state index >= 15 is 0 Å². The van der Waals surface area contributed by atoms with Crippen molar-refractivity contribution in [3.05, 3.63) is 32.2 Å². The maximum absolute atomic E-state index is 5.96. The van der Waals surface area contributed by atoms with Crippen molar-refractivity contribution in [3.63, 3.8) is 0 Å². The van der Waals surface area contributed by atoms with Crippen LogP contribution >= 0.6 is 22.7 Å². The Hall–Kier alpha value is -0.820. The Kier molecular flexibility index (Phi) is 4.64. The van der Waals surface area contributed by atoms with Crippen LogP contribution in [0.3, 0.4) is 0 Å². The summed E-state index contributed by atoms with van der Waals surface area (Å²) in [4.78, 5) is 12.9. The maximum Gasteiger partial charge on any atom is 0.123 e. The van der Waals surface area contributed by atoms with E-state index in [1.165, 1.54) is 4.88 Å². The van der Waals surface area contributed by atoms with Crippen LogP contribution in [0, 0.1) is 6.92 Å². The van der Waals surface area contributed by atoms with Crippen molar-refractivity contribution in [2.75, 3.05) is 19.7 Å². The van der Waals surface area contributed by atoms with E-state index < -0.39 is 0 Å². The van der Waals surface area contributed by atoms with Gasteiger partial charge in [-0.3, -0.25) is 4.90 Å². The molecule has 22 heavy (non-hydrogen) atoms. The molecule has 0 N–H and O–H groups in total. The molecule has 3 rings (SSSR count). The van der Waals surface area contributed by atoms with E-state index in [0.29, 0.717) is 0 Å². The lowest BCUT2D eigenvalue weighted by atomic mass is 9.93. The van der Waals surface area contributed by atoms with Crippen LogP contribution in [0.1, 0.15) is 47.5 Å². The quantitative estimate of drug-likeness (QED) is 0.854. The topological polar surface area (TPSA) is 38.2 Å². The van der Waals surface area contributed by atoms with Gasteiger partial charge in [0.05, 0.1) is 17.3 Å². The van der Waals surface area contributed by atoms with Crippen molar-refractivity contribution in [3.8, 4) is 0 Å². The summed E-state index contributed by atoms with van der Waals surface area (Å²) in [5.74, 6) is 0. The average Bonchev–Trinajstić information content (AvgIpc) is 3.08. The minimum absolute atomic E-state index is 0.100. The third kappa shape index (κ3) is 3.74. The lowest BCUT2D eigenvalue weighted by molar-refractivity contribution is -0.0328. The molecule has 1 atom stereocenters. The van der Waals surface area contributed by atoms with Crippen LogP contribution in [0.2, 0.25) is 0 Å². The van der Waals surface area contributed by atoms with Gasteiger partial charge in [-0.25, -0.2) is 9.97 Å². The Morgan fingerprint density at radius 3 is 2.86 bits per heavy atom. The zero-order chi connectivity index (χ0) is 15.7. The van der Waals surface area contributed by atoms with Crippen LogP contribution in [0.15, 0.2) is 11.6 Å². The normalized spacial score (nSPS) is 20.5. The molecule has 0 bridgehead atoms. The molecular weight excluding hydrogens is 314 g/mol. The van der Waals surface area contributed by atoms with Crippen molar-refractivity contribution in [1.29, 1.82) is 0 Å². The highest BCUT2D eigenvalue weighted by Crippen LogP contribution is 2.30. The van der Waals surface area contributed by atoms with Crippen molar-refractivity contribution in [1.82, 2.24) is 14.9 Å². The third-order valence-electron chi connectivity index (χ3n) is 3.76. The van der Waals surface area contributed by atoms with Crippen molar-refractivity contribution in [2.24, 2.45) is 0 Å². The molecule has 1 fully saturated rings. The van der Waals surface area contributed by atoms with E-state index in [2.05, 4.69) is 43.0 Å². The Bertz CT molecular complexity index is 629. The fourth-order valence-corrected chi connectivity index (χ4v) is 4.40. The minimum Gasteiger partial charge on any atom is -0.368 e. The molecule has 2 aromatic rings. The van der Waals surface area contributed by atoms with Crippen molar-refractivity contribution < 1.29 is 4.74 Å². The Morgan fingerprint density at radius 2 is 2.23 bits per heavy atom. The van der Waals surface area contributed by atoms with Gasteiger partial charge < -0.3 is 4.74 Å². The zero-order valence-corrected chi connectivity index (χ0v) is 15.3. The van der Waals surface area contributed by atoms with Crippen LogP contribution in [0.4, 0.5) is 0 Å². The predicted octanol–water partition coefficient (Wildman–Crippen LogP) is 3.78. The third-order valence-corrected chi connectivity index (χ3v) is 5.60. The predicted molar refractivity (Wildman–Crippen MR) is 91.6 cm³/mol. The van der Waals surface area contributed by atoms with Crippen LogP contribution in [0.25, 0.3) is 0 Å². The Morgan fingerprint density at radius 1 is 1.41 bits per heavy atom. The van der Waals surface area contributed by atoms with Gasteiger partial charge in [-0.1, -0.05) is 20.8 Å². The largest absolute Gasteiger partial charge is 0.368 e. The standard InChI is InChI=1S/C16H23N3OS2/c1-11-17-7-12(22-11)8-19-5-6-20-13(9-19)15-18-14(10-21-15)16(2,3)4/h7,10,13H,5-6,8-9H2,1-4H3/t13-/m1/s1. The van der Waals surface area contributed by atoms with E-state index in [0.717, 1.165) is 42.0 Å². The number of thiazole rings is 2. The number of hydrogen-bond acceptors (Lipinski definition) is 6. The monoisotopic (exact) mass is 337 g/mol. The number of rotatable bonds is 3. The summed E-state index contributed by atoms with van der Waals surface area (Å²) in [7, 11) is 0. The molecule has 3 heterocycles. The Balaban J connectivity index is 1.66. The number of nitrogens with zero attached hydrogens (tertiary/aromatic N) is 3. The SMILES string of the molecule is Cc1ncc(CN2CCO[C@@H](c3nc(C(C)(C)C)cs3)C2)s1. The van der Waals surface area contributed by atoms with E-state index in [4.69, 9.17) is 9.72 Å². The van der Waals surface area contributed by atoms with Gasteiger partial charge in [0, 0.05) is 41.5 Å². The van der Waals surface area contributed by atoms with Gasteiger partial charge in [0.15, 0.2) is 0 Å². The number of hydrogen-bond donors (Lipinski definition) is 0. The highest BCUT2D eigenvalue weighted by molar-refractivity contribution is 7.11. The summed E-state index contributed by atoms with van der Waals surface area (Å²) >= 11 is 3.50. The van der Waals surface area contributed by atoms with E-state index in [9.17, 15) is 0 Å². The van der Waals surface area contributed by atoms with Gasteiger partial charge in [-0.15, -0.1) is 22.7 Å². The first kappa shape index (κ1) is 16.1. The molecular formula is C16H23N3OS2. The average molecular weight is 338 g/mol. The second-order valence-corrected chi connectivity index (χ2v) is 8.97. The van der Waals surface area contributed by atoms with E-state index in [1.54, 1.807) is 22.7 Å². The molecule has 0 amide bonds. The van der Waals surface area contributed by atoms with Crippen molar-refractivity contribution in [2.45, 2.75) is 45.8 Å². The molecule has 2 aromatic heterocycles. The summed E-state index contributed by atoms with van der Waals surface area (Å²) in [6, 6.07) is 0. The molecule has 6 heteroatoms. The minimum atomic E-state index is 0.100. The fourth-order valence-electron chi connectivity index (χ4n) is 2.47. The summed E-state index contributed by atoms with van der Waals surface area (Å²) in [6.45, 7) is 12.3. The molecule has 0 aromatic carbocycles. The van der Waals surface area contributed by atoms with Crippen LogP contribution in [0.5, 0.6) is 0 Å². The highest BCUT2D eigenvalue weighted by Gasteiger charge is 2.26. The van der Waals surface area contributed by atoms with Gasteiger partial charge in [0.25, 0.3) is 0 Å². The molecule has 0 saturated carbocycles. The molecule has 0 radical (unpaired) electrons. The number of aryl methyl sites for hydroxylation is 1. The molecule has 4 nitrogen and oxygen atoms in total. The van der Waals surface area contributed by atoms with Gasteiger partial charge in [-0.2, -0.15) is 0 Å². The molecule has 1 aliphatic rings. The van der Waals surface area contributed by atoms with E-state index in [1.807, 2.05) is 6.20 Å². The maximum atomic E-state index is 5.96. The van der Waals surface area contributed by atoms with E-state index in [-0.39, 0.29) is 11.5 Å². The lowest BCUT2D eigenvalue weighted by Gasteiger charge is -2.31. The van der Waals surface area contributed by atoms with Crippen LogP contribution in [-0.2, 0) is 16.7 Å². The highest BCUT2D eigenvalue weighted by atomic mass is 32.1. The summed E-state index contributed by atoms with van der Waals surface area (Å²) in [5.41, 5.74) is 1.26. The zero-order valence-electron chi connectivity index (χ0n) is 13.6. The second-order valence-electron chi connectivity index (χ2n) is 6.76. The fraction of sp³-hybridized carbons (Fsp3) is 0.625. The number of ether oxygens (including phenoxy) is 1.